The van der Waals surface area contributed by atoms with Crippen molar-refractivity contribution in [2.75, 3.05) is 39.5 Å². The van der Waals surface area contributed by atoms with E-state index in [0.717, 1.165) is 30.6 Å². The molecule has 0 radical (unpaired) electrons. The van der Waals surface area contributed by atoms with Crippen LogP contribution in [0.15, 0.2) is 54.6 Å². The van der Waals surface area contributed by atoms with Crippen LogP contribution in [0.5, 0.6) is 5.75 Å². The standard InChI is InChI=1S/C27H38N2O6/c1-3-17-33-18-8-15-29(27(32)28-21-23-9-6-5-7-10-23)16-19-35-24-13-11-22(12-14-24)20-25(26(30)31)34-4-2/h5-7,9-14,25H,3-4,8,15-21H2,1-2H3,(H,28,32)(H,30,31). The van der Waals surface area contributed by atoms with E-state index in [1.807, 2.05) is 42.5 Å². The summed E-state index contributed by atoms with van der Waals surface area (Å²) in [5, 5.41) is 12.2. The van der Waals surface area contributed by atoms with E-state index >= 15 is 0 Å². The lowest BCUT2D eigenvalue weighted by Gasteiger charge is -2.23. The summed E-state index contributed by atoms with van der Waals surface area (Å²) in [6.07, 6.45) is 1.14. The molecule has 0 bridgehead atoms. The van der Waals surface area contributed by atoms with Gasteiger partial charge in [-0.1, -0.05) is 49.4 Å². The van der Waals surface area contributed by atoms with Crippen LogP contribution >= 0.6 is 0 Å². The number of rotatable bonds is 17. The van der Waals surface area contributed by atoms with Gasteiger partial charge in [0, 0.05) is 39.3 Å². The predicted octanol–water partition coefficient (Wildman–Crippen LogP) is 4.13. The van der Waals surface area contributed by atoms with Gasteiger partial charge in [-0.2, -0.15) is 0 Å². The van der Waals surface area contributed by atoms with Gasteiger partial charge in [0.25, 0.3) is 0 Å². The van der Waals surface area contributed by atoms with Gasteiger partial charge >= 0.3 is 12.0 Å². The molecule has 0 spiro atoms. The van der Waals surface area contributed by atoms with Crippen molar-refractivity contribution < 1.29 is 28.9 Å². The average Bonchev–Trinajstić information content (AvgIpc) is 2.87. The van der Waals surface area contributed by atoms with Crippen molar-refractivity contribution in [3.05, 3.63) is 65.7 Å². The molecular formula is C27H38N2O6. The average molecular weight is 487 g/mol. The first kappa shape index (κ1) is 28.1. The number of carbonyl (C=O) groups excluding carboxylic acids is 1. The van der Waals surface area contributed by atoms with Crippen LogP contribution in [0.3, 0.4) is 0 Å². The van der Waals surface area contributed by atoms with Crippen LogP contribution < -0.4 is 10.1 Å². The number of amides is 2. The van der Waals surface area contributed by atoms with E-state index < -0.39 is 12.1 Å². The molecule has 0 aliphatic rings. The number of hydrogen-bond acceptors (Lipinski definition) is 5. The molecule has 0 saturated heterocycles. The van der Waals surface area contributed by atoms with E-state index in [2.05, 4.69) is 12.2 Å². The van der Waals surface area contributed by atoms with E-state index in [0.29, 0.717) is 51.6 Å². The minimum Gasteiger partial charge on any atom is -0.492 e. The number of ether oxygens (including phenoxy) is 3. The Morgan fingerprint density at radius 3 is 2.34 bits per heavy atom. The van der Waals surface area contributed by atoms with E-state index in [4.69, 9.17) is 14.2 Å². The van der Waals surface area contributed by atoms with Crippen LogP contribution in [0.1, 0.15) is 37.8 Å². The Hall–Kier alpha value is -3.10. The highest BCUT2D eigenvalue weighted by atomic mass is 16.5. The Labute approximate surface area is 208 Å². The number of hydrogen-bond donors (Lipinski definition) is 2. The minimum absolute atomic E-state index is 0.140. The molecule has 0 aliphatic carbocycles. The molecule has 1 unspecified atom stereocenters. The first-order valence-corrected chi connectivity index (χ1v) is 12.2. The summed E-state index contributed by atoms with van der Waals surface area (Å²) in [5.41, 5.74) is 1.89. The molecule has 1 atom stereocenters. The lowest BCUT2D eigenvalue weighted by Crippen LogP contribution is -2.42. The van der Waals surface area contributed by atoms with E-state index in [9.17, 15) is 14.7 Å². The fraction of sp³-hybridized carbons (Fsp3) is 0.481. The van der Waals surface area contributed by atoms with E-state index in [-0.39, 0.29) is 6.03 Å². The lowest BCUT2D eigenvalue weighted by atomic mass is 10.1. The number of aliphatic carboxylic acids is 1. The van der Waals surface area contributed by atoms with Gasteiger partial charge < -0.3 is 29.5 Å². The van der Waals surface area contributed by atoms with Crippen molar-refractivity contribution in [3.8, 4) is 5.75 Å². The highest BCUT2D eigenvalue weighted by molar-refractivity contribution is 5.74. The quantitative estimate of drug-likeness (QED) is 0.327. The molecule has 192 valence electrons. The van der Waals surface area contributed by atoms with Crippen LogP contribution in [-0.4, -0.2) is 67.6 Å². The number of nitrogens with one attached hydrogen (secondary N) is 1. The van der Waals surface area contributed by atoms with Gasteiger partial charge in [-0.15, -0.1) is 0 Å². The van der Waals surface area contributed by atoms with Crippen molar-refractivity contribution in [3.63, 3.8) is 0 Å². The van der Waals surface area contributed by atoms with Crippen LogP contribution in [0.25, 0.3) is 0 Å². The molecule has 0 heterocycles. The molecule has 2 aromatic carbocycles. The van der Waals surface area contributed by atoms with Crippen molar-refractivity contribution >= 4 is 12.0 Å². The number of benzene rings is 2. The third kappa shape index (κ3) is 11.2. The van der Waals surface area contributed by atoms with Gasteiger partial charge in [0.1, 0.15) is 12.4 Å². The van der Waals surface area contributed by atoms with E-state index in [1.165, 1.54) is 0 Å². The Bertz CT molecular complexity index is 860. The molecule has 0 fully saturated rings. The van der Waals surface area contributed by atoms with Crippen molar-refractivity contribution in [2.24, 2.45) is 0 Å². The number of carboxylic acids is 1. The van der Waals surface area contributed by atoms with Crippen LogP contribution in [0, 0.1) is 0 Å². The first-order chi connectivity index (χ1) is 17.0. The molecule has 2 N–H and O–H groups in total. The molecule has 2 amide bonds. The lowest BCUT2D eigenvalue weighted by molar-refractivity contribution is -0.149. The summed E-state index contributed by atoms with van der Waals surface area (Å²) >= 11 is 0. The van der Waals surface area contributed by atoms with Gasteiger partial charge in [0.05, 0.1) is 6.54 Å². The van der Waals surface area contributed by atoms with Crippen molar-refractivity contribution in [1.82, 2.24) is 10.2 Å². The highest BCUT2D eigenvalue weighted by Crippen LogP contribution is 2.15. The molecule has 0 saturated carbocycles. The minimum atomic E-state index is -0.974. The summed E-state index contributed by atoms with van der Waals surface area (Å²) in [7, 11) is 0. The monoisotopic (exact) mass is 486 g/mol. The van der Waals surface area contributed by atoms with Gasteiger partial charge in [-0.05, 0) is 43.0 Å². The molecule has 2 aromatic rings. The maximum atomic E-state index is 12.8. The number of nitrogens with zero attached hydrogens (tertiary/aromatic N) is 1. The Morgan fingerprint density at radius 2 is 1.69 bits per heavy atom. The highest BCUT2D eigenvalue weighted by Gasteiger charge is 2.18. The second-order valence-electron chi connectivity index (χ2n) is 8.08. The molecule has 2 rings (SSSR count). The van der Waals surface area contributed by atoms with Gasteiger partial charge in [-0.25, -0.2) is 9.59 Å². The van der Waals surface area contributed by atoms with Gasteiger partial charge in [0.2, 0.25) is 0 Å². The summed E-state index contributed by atoms with van der Waals surface area (Å²) in [5.74, 6) is -0.314. The third-order valence-electron chi connectivity index (χ3n) is 5.26. The van der Waals surface area contributed by atoms with Crippen molar-refractivity contribution in [1.29, 1.82) is 0 Å². The molecule has 8 heteroatoms. The summed E-state index contributed by atoms with van der Waals surface area (Å²) < 4.78 is 16.7. The fourth-order valence-electron chi connectivity index (χ4n) is 3.43. The molecule has 0 aliphatic heterocycles. The van der Waals surface area contributed by atoms with Gasteiger partial charge in [0.15, 0.2) is 6.10 Å². The maximum absolute atomic E-state index is 12.8. The van der Waals surface area contributed by atoms with E-state index in [1.54, 1.807) is 24.0 Å². The molecule has 8 nitrogen and oxygen atoms in total. The Balaban J connectivity index is 1.85. The second kappa shape index (κ2) is 16.5. The Kier molecular flexibility index (Phi) is 13.3. The smallest absolute Gasteiger partial charge is 0.333 e. The van der Waals surface area contributed by atoms with Crippen molar-refractivity contribution in [2.45, 2.75) is 45.8 Å². The van der Waals surface area contributed by atoms with Crippen LogP contribution in [-0.2, 0) is 27.2 Å². The zero-order valence-electron chi connectivity index (χ0n) is 20.8. The number of carbonyl (C=O) groups is 2. The van der Waals surface area contributed by atoms with Gasteiger partial charge in [-0.3, -0.25) is 0 Å². The normalized spacial score (nSPS) is 11.6. The van der Waals surface area contributed by atoms with Crippen LogP contribution in [0.2, 0.25) is 0 Å². The molecule has 35 heavy (non-hydrogen) atoms. The zero-order valence-corrected chi connectivity index (χ0v) is 20.8. The number of urea groups is 1. The number of carboxylic acid groups (broad SMARTS) is 1. The second-order valence-corrected chi connectivity index (χ2v) is 8.08. The summed E-state index contributed by atoms with van der Waals surface area (Å²) in [6, 6.07) is 16.9. The topological polar surface area (TPSA) is 97.3 Å². The largest absolute Gasteiger partial charge is 0.492 e. The fourth-order valence-corrected chi connectivity index (χ4v) is 3.43. The summed E-state index contributed by atoms with van der Waals surface area (Å²) in [4.78, 5) is 25.8. The maximum Gasteiger partial charge on any atom is 0.333 e. The Morgan fingerprint density at radius 1 is 0.943 bits per heavy atom. The predicted molar refractivity (Wildman–Crippen MR) is 135 cm³/mol. The molecular weight excluding hydrogens is 448 g/mol. The SMILES string of the molecule is CCCOCCCN(CCOc1ccc(CC(OCC)C(=O)O)cc1)C(=O)NCc1ccccc1. The first-order valence-electron chi connectivity index (χ1n) is 12.2. The molecule has 0 aromatic heterocycles. The summed E-state index contributed by atoms with van der Waals surface area (Å²) in [6.45, 7) is 7.32. The third-order valence-corrected chi connectivity index (χ3v) is 5.26. The van der Waals surface area contributed by atoms with Crippen LogP contribution in [0.4, 0.5) is 4.79 Å². The zero-order chi connectivity index (χ0) is 25.3.